The van der Waals surface area contributed by atoms with Gasteiger partial charge in [0.05, 0.1) is 23.5 Å². The molecule has 0 aromatic carbocycles. The Balaban J connectivity index is 1.75. The Bertz CT molecular complexity index is 775. The van der Waals surface area contributed by atoms with Crippen LogP contribution in [0.1, 0.15) is 15.2 Å². The highest BCUT2D eigenvalue weighted by Gasteiger charge is 2.21. The maximum Gasteiger partial charge on any atom is 0.263 e. The van der Waals surface area contributed by atoms with Crippen LogP contribution >= 0.6 is 34.7 Å². The number of carbonyl (C=O) groups excluding carboxylic acids is 1. The average molecular weight is 401 g/mol. The number of thiophene rings is 1. The molecule has 3 heterocycles. The van der Waals surface area contributed by atoms with Gasteiger partial charge in [0.25, 0.3) is 5.91 Å². The fraction of sp³-hybridized carbons (Fsp3) is 0.562. The van der Waals surface area contributed by atoms with Gasteiger partial charge in [-0.3, -0.25) is 9.69 Å². The first-order chi connectivity index (χ1) is 12.0. The number of halogens is 1. The number of ether oxygens (including phenoxy) is 1. The van der Waals surface area contributed by atoms with Crippen molar-refractivity contribution < 1.29 is 9.53 Å². The van der Waals surface area contributed by atoms with E-state index in [0.717, 1.165) is 54.4 Å². The molecule has 6 nitrogen and oxygen atoms in total. The summed E-state index contributed by atoms with van der Waals surface area (Å²) in [4.78, 5) is 26.7. The number of morpholine rings is 1. The van der Waals surface area contributed by atoms with Crippen molar-refractivity contribution in [3.05, 3.63) is 15.6 Å². The molecule has 1 aliphatic heterocycles. The summed E-state index contributed by atoms with van der Waals surface area (Å²) < 4.78 is 5.36. The SMILES string of the molecule is Cc1c(C(=O)N(C)C)sc2nc(SCCN3CCOCC3)nc(Cl)c12. The molecule has 0 aliphatic carbocycles. The van der Waals surface area contributed by atoms with Crippen LogP contribution in [0.3, 0.4) is 0 Å². The number of aromatic nitrogens is 2. The van der Waals surface area contributed by atoms with E-state index in [2.05, 4.69) is 14.9 Å². The number of nitrogens with zero attached hydrogens (tertiary/aromatic N) is 4. The number of carbonyl (C=O) groups is 1. The van der Waals surface area contributed by atoms with Gasteiger partial charge in [-0.1, -0.05) is 23.4 Å². The van der Waals surface area contributed by atoms with Crippen LogP contribution in [0.25, 0.3) is 10.2 Å². The monoisotopic (exact) mass is 400 g/mol. The molecule has 3 rings (SSSR count). The van der Waals surface area contributed by atoms with Crippen molar-refractivity contribution in [1.82, 2.24) is 19.8 Å². The minimum Gasteiger partial charge on any atom is -0.379 e. The van der Waals surface area contributed by atoms with Gasteiger partial charge in [-0.05, 0) is 12.5 Å². The molecule has 2 aromatic heterocycles. The van der Waals surface area contributed by atoms with Crippen molar-refractivity contribution in [2.75, 3.05) is 52.7 Å². The summed E-state index contributed by atoms with van der Waals surface area (Å²) in [7, 11) is 3.48. The van der Waals surface area contributed by atoms with E-state index < -0.39 is 0 Å². The van der Waals surface area contributed by atoms with Crippen LogP contribution in [-0.4, -0.2) is 78.4 Å². The Labute approximate surface area is 160 Å². The van der Waals surface area contributed by atoms with E-state index in [0.29, 0.717) is 15.2 Å². The molecule has 0 spiro atoms. The lowest BCUT2D eigenvalue weighted by atomic mass is 10.2. The van der Waals surface area contributed by atoms with E-state index in [1.165, 1.54) is 11.3 Å². The number of thioether (sulfide) groups is 1. The van der Waals surface area contributed by atoms with Crippen LogP contribution in [0.2, 0.25) is 5.15 Å². The summed E-state index contributed by atoms with van der Waals surface area (Å²) in [6, 6.07) is 0. The van der Waals surface area contributed by atoms with Gasteiger partial charge < -0.3 is 9.64 Å². The molecular weight excluding hydrogens is 380 g/mol. The van der Waals surface area contributed by atoms with Gasteiger partial charge in [-0.2, -0.15) is 0 Å². The van der Waals surface area contributed by atoms with Crippen LogP contribution in [0.4, 0.5) is 0 Å². The van der Waals surface area contributed by atoms with Crippen molar-refractivity contribution in [3.63, 3.8) is 0 Å². The number of hydrogen-bond donors (Lipinski definition) is 0. The second-order valence-corrected chi connectivity index (χ2v) is 8.45. The van der Waals surface area contributed by atoms with Gasteiger partial charge in [-0.15, -0.1) is 11.3 Å². The Hall–Kier alpha value is -0.930. The largest absolute Gasteiger partial charge is 0.379 e. The molecular formula is C16H21ClN4O2S2. The van der Waals surface area contributed by atoms with Crippen molar-refractivity contribution in [3.8, 4) is 0 Å². The molecule has 0 atom stereocenters. The number of hydrogen-bond acceptors (Lipinski definition) is 7. The Kier molecular flexibility index (Phi) is 6.17. The Morgan fingerprint density at radius 3 is 2.76 bits per heavy atom. The second kappa shape index (κ2) is 8.18. The molecule has 1 fully saturated rings. The maximum atomic E-state index is 12.3. The molecule has 2 aromatic rings. The molecule has 136 valence electrons. The van der Waals surface area contributed by atoms with Crippen LogP contribution in [0, 0.1) is 6.92 Å². The minimum absolute atomic E-state index is 0.0295. The van der Waals surface area contributed by atoms with Gasteiger partial charge in [0, 0.05) is 39.5 Å². The first kappa shape index (κ1) is 18.8. The predicted octanol–water partition coefficient (Wildman–Crippen LogP) is 2.78. The quantitative estimate of drug-likeness (QED) is 0.437. The van der Waals surface area contributed by atoms with Crippen LogP contribution in [0.5, 0.6) is 0 Å². The van der Waals surface area contributed by atoms with E-state index in [1.54, 1.807) is 30.8 Å². The lowest BCUT2D eigenvalue weighted by Gasteiger charge is -2.26. The smallest absolute Gasteiger partial charge is 0.263 e. The van der Waals surface area contributed by atoms with Gasteiger partial charge >= 0.3 is 0 Å². The van der Waals surface area contributed by atoms with Crippen LogP contribution < -0.4 is 0 Å². The Morgan fingerprint density at radius 1 is 1.36 bits per heavy atom. The standard InChI is InChI=1S/C16H21ClN4O2S2/c1-10-11-13(17)18-16(24-9-6-21-4-7-23-8-5-21)19-14(11)25-12(10)15(22)20(2)3/h4-9H2,1-3H3. The average Bonchev–Trinajstić information content (AvgIpc) is 2.92. The normalized spacial score (nSPS) is 15.7. The number of rotatable bonds is 5. The van der Waals surface area contributed by atoms with Gasteiger partial charge in [-0.25, -0.2) is 9.97 Å². The van der Waals surface area contributed by atoms with Crippen molar-refractivity contribution in [1.29, 1.82) is 0 Å². The van der Waals surface area contributed by atoms with Crippen molar-refractivity contribution in [2.24, 2.45) is 0 Å². The fourth-order valence-electron chi connectivity index (χ4n) is 2.63. The van der Waals surface area contributed by atoms with Crippen molar-refractivity contribution >= 4 is 50.8 Å². The summed E-state index contributed by atoms with van der Waals surface area (Å²) in [6.07, 6.45) is 0. The predicted molar refractivity (Wildman–Crippen MR) is 103 cm³/mol. The number of aryl methyl sites for hydroxylation is 1. The molecule has 1 amide bonds. The first-order valence-electron chi connectivity index (χ1n) is 8.08. The summed E-state index contributed by atoms with van der Waals surface area (Å²) in [6.45, 7) is 6.42. The lowest BCUT2D eigenvalue weighted by molar-refractivity contribution is 0.0410. The third kappa shape index (κ3) is 4.25. The topological polar surface area (TPSA) is 58.6 Å². The first-order valence-corrected chi connectivity index (χ1v) is 10.3. The van der Waals surface area contributed by atoms with E-state index in [9.17, 15) is 4.79 Å². The third-order valence-corrected chi connectivity index (χ3v) is 6.34. The van der Waals surface area contributed by atoms with E-state index in [1.807, 2.05) is 6.92 Å². The molecule has 0 bridgehead atoms. The highest BCUT2D eigenvalue weighted by atomic mass is 35.5. The summed E-state index contributed by atoms with van der Waals surface area (Å²) in [5.41, 5.74) is 0.855. The molecule has 25 heavy (non-hydrogen) atoms. The molecule has 0 N–H and O–H groups in total. The zero-order valence-corrected chi connectivity index (χ0v) is 16.9. The third-order valence-electron chi connectivity index (χ3n) is 4.07. The summed E-state index contributed by atoms with van der Waals surface area (Å²) >= 11 is 9.36. The van der Waals surface area contributed by atoms with E-state index in [-0.39, 0.29) is 5.91 Å². The second-order valence-electron chi connectivity index (χ2n) is 6.04. The summed E-state index contributed by atoms with van der Waals surface area (Å²) in [5, 5.41) is 1.87. The zero-order valence-electron chi connectivity index (χ0n) is 14.5. The van der Waals surface area contributed by atoms with Gasteiger partial charge in [0.15, 0.2) is 5.16 Å². The molecule has 0 saturated carbocycles. The number of amides is 1. The molecule has 1 aliphatic rings. The number of fused-ring (bicyclic) bond motifs is 1. The van der Waals surface area contributed by atoms with Crippen LogP contribution in [0.15, 0.2) is 5.16 Å². The molecule has 0 radical (unpaired) electrons. The molecule has 1 saturated heterocycles. The maximum absolute atomic E-state index is 12.3. The lowest BCUT2D eigenvalue weighted by Crippen LogP contribution is -2.37. The molecule has 9 heteroatoms. The Morgan fingerprint density at radius 2 is 2.08 bits per heavy atom. The van der Waals surface area contributed by atoms with Crippen molar-refractivity contribution in [2.45, 2.75) is 12.1 Å². The molecule has 0 unspecified atom stereocenters. The van der Waals surface area contributed by atoms with Gasteiger partial charge in [0.1, 0.15) is 9.98 Å². The van der Waals surface area contributed by atoms with Gasteiger partial charge in [0.2, 0.25) is 0 Å². The minimum atomic E-state index is -0.0295. The van der Waals surface area contributed by atoms with E-state index >= 15 is 0 Å². The van der Waals surface area contributed by atoms with Crippen LogP contribution in [-0.2, 0) is 4.74 Å². The summed E-state index contributed by atoms with van der Waals surface area (Å²) in [5.74, 6) is 0.869. The van der Waals surface area contributed by atoms with E-state index in [4.69, 9.17) is 16.3 Å². The fourth-order valence-corrected chi connectivity index (χ4v) is 5.16. The highest BCUT2D eigenvalue weighted by molar-refractivity contribution is 7.99. The highest BCUT2D eigenvalue weighted by Crippen LogP contribution is 2.35. The zero-order chi connectivity index (χ0) is 18.0.